The van der Waals surface area contributed by atoms with E-state index in [1.807, 2.05) is 13.8 Å². The number of alkyl halides is 3. The van der Waals surface area contributed by atoms with Crippen LogP contribution < -0.4 is 4.18 Å². The van der Waals surface area contributed by atoms with E-state index in [1.165, 1.54) is 19.2 Å². The Morgan fingerprint density at radius 1 is 1.28 bits per heavy atom. The Labute approximate surface area is 144 Å². The fraction of sp³-hybridized carbons (Fsp3) is 0.562. The van der Waals surface area contributed by atoms with E-state index in [1.54, 1.807) is 0 Å². The van der Waals surface area contributed by atoms with E-state index in [-0.39, 0.29) is 22.5 Å². The normalized spacial score (nSPS) is 20.3. The maximum Gasteiger partial charge on any atom is 0.534 e. The highest BCUT2D eigenvalue weighted by atomic mass is 32.2. The zero-order chi connectivity index (χ0) is 19.0. The molecule has 0 heterocycles. The van der Waals surface area contributed by atoms with Gasteiger partial charge in [-0.2, -0.15) is 21.6 Å². The third kappa shape index (κ3) is 3.91. The summed E-state index contributed by atoms with van der Waals surface area (Å²) < 4.78 is 69.7. The minimum Gasteiger partial charge on any atom is -0.465 e. The molecule has 2 rings (SSSR count). The monoisotopic (exact) mass is 380 g/mol. The second-order valence-electron chi connectivity index (χ2n) is 6.66. The Balaban J connectivity index is 2.54. The van der Waals surface area contributed by atoms with Gasteiger partial charge in [-0.1, -0.05) is 20.3 Å². The van der Waals surface area contributed by atoms with Crippen LogP contribution in [0.5, 0.6) is 5.75 Å². The molecule has 1 atom stereocenters. The minimum atomic E-state index is -5.79. The van der Waals surface area contributed by atoms with Gasteiger partial charge in [0.1, 0.15) is 5.75 Å². The van der Waals surface area contributed by atoms with E-state index in [2.05, 4.69) is 8.92 Å². The van der Waals surface area contributed by atoms with E-state index in [0.717, 1.165) is 18.9 Å². The summed E-state index contributed by atoms with van der Waals surface area (Å²) in [6, 6.07) is 3.60. The molecular formula is C16H19F3O5S. The Hall–Kier alpha value is -1.77. The van der Waals surface area contributed by atoms with Gasteiger partial charge in [0.15, 0.2) is 0 Å². The highest BCUT2D eigenvalue weighted by Crippen LogP contribution is 2.51. The predicted molar refractivity (Wildman–Crippen MR) is 83.8 cm³/mol. The fourth-order valence-corrected chi connectivity index (χ4v) is 3.69. The molecule has 1 fully saturated rings. The second-order valence-corrected chi connectivity index (χ2v) is 8.20. The number of benzene rings is 1. The molecule has 140 valence electrons. The van der Waals surface area contributed by atoms with Gasteiger partial charge in [0.2, 0.25) is 0 Å². The standard InChI is InChI=1S/C16H19F3O5S/c1-15(2)8-4-5-12(15)11-9-10(14(20)23-3)6-7-13(11)24-25(21,22)16(17,18)19/h6-7,9,12H,4-5,8H2,1-3H3/t12-/m0/s1. The number of carbonyl (C=O) groups excluding carboxylic acids is 1. The van der Waals surface area contributed by atoms with E-state index in [0.29, 0.717) is 6.42 Å². The predicted octanol–water partition coefficient (Wildman–Crippen LogP) is 4.00. The SMILES string of the molecule is COC(=O)c1ccc(OS(=O)(=O)C(F)(F)F)c([C@@H]2CCCC2(C)C)c1. The van der Waals surface area contributed by atoms with E-state index >= 15 is 0 Å². The molecule has 1 aliphatic carbocycles. The van der Waals surface area contributed by atoms with Crippen LogP contribution in [0.3, 0.4) is 0 Å². The minimum absolute atomic E-state index is 0.122. The van der Waals surface area contributed by atoms with Gasteiger partial charge >= 0.3 is 21.6 Å². The van der Waals surface area contributed by atoms with Crippen LogP contribution in [0.25, 0.3) is 0 Å². The molecule has 1 aromatic carbocycles. The average molecular weight is 380 g/mol. The quantitative estimate of drug-likeness (QED) is 0.449. The number of methoxy groups -OCH3 is 1. The Kier molecular flexibility index (Phi) is 5.09. The van der Waals surface area contributed by atoms with E-state index < -0.39 is 27.3 Å². The summed E-state index contributed by atoms with van der Waals surface area (Å²) in [6.45, 7) is 3.88. The van der Waals surface area contributed by atoms with Crippen LogP contribution in [0, 0.1) is 5.41 Å². The Morgan fingerprint density at radius 2 is 1.92 bits per heavy atom. The van der Waals surface area contributed by atoms with Crippen LogP contribution >= 0.6 is 0 Å². The molecule has 0 aromatic heterocycles. The fourth-order valence-electron chi connectivity index (χ4n) is 3.21. The molecule has 25 heavy (non-hydrogen) atoms. The summed E-state index contributed by atoms with van der Waals surface area (Å²) in [6.07, 6.45) is 2.32. The van der Waals surface area contributed by atoms with Crippen LogP contribution in [-0.2, 0) is 14.9 Å². The molecule has 0 bridgehead atoms. The lowest BCUT2D eigenvalue weighted by Gasteiger charge is -2.29. The lowest BCUT2D eigenvalue weighted by molar-refractivity contribution is -0.0500. The van der Waals surface area contributed by atoms with Crippen molar-refractivity contribution in [3.63, 3.8) is 0 Å². The average Bonchev–Trinajstić information content (AvgIpc) is 2.84. The summed E-state index contributed by atoms with van der Waals surface area (Å²) >= 11 is 0. The van der Waals surface area contributed by atoms with Gasteiger partial charge in [-0.05, 0) is 42.4 Å². The maximum absolute atomic E-state index is 12.7. The van der Waals surface area contributed by atoms with Crippen molar-refractivity contribution in [2.45, 2.75) is 44.5 Å². The lowest BCUT2D eigenvalue weighted by atomic mass is 9.77. The van der Waals surface area contributed by atoms with Crippen molar-refractivity contribution in [2.75, 3.05) is 7.11 Å². The van der Waals surface area contributed by atoms with Gasteiger partial charge in [0.25, 0.3) is 0 Å². The zero-order valence-corrected chi connectivity index (χ0v) is 14.8. The van der Waals surface area contributed by atoms with Crippen molar-refractivity contribution in [2.24, 2.45) is 5.41 Å². The van der Waals surface area contributed by atoms with Crippen LogP contribution in [0.2, 0.25) is 0 Å². The van der Waals surface area contributed by atoms with Crippen molar-refractivity contribution in [3.05, 3.63) is 29.3 Å². The van der Waals surface area contributed by atoms with Crippen molar-refractivity contribution < 1.29 is 35.3 Å². The highest BCUT2D eigenvalue weighted by Gasteiger charge is 2.49. The van der Waals surface area contributed by atoms with Crippen LogP contribution in [0.4, 0.5) is 13.2 Å². The van der Waals surface area contributed by atoms with Gasteiger partial charge in [0, 0.05) is 5.56 Å². The van der Waals surface area contributed by atoms with Gasteiger partial charge in [-0.3, -0.25) is 0 Å². The van der Waals surface area contributed by atoms with Crippen molar-refractivity contribution in [1.82, 2.24) is 0 Å². The first-order chi connectivity index (χ1) is 11.4. The van der Waals surface area contributed by atoms with Crippen LogP contribution in [0.15, 0.2) is 18.2 Å². The van der Waals surface area contributed by atoms with Crippen LogP contribution in [0.1, 0.15) is 54.9 Å². The van der Waals surface area contributed by atoms with E-state index in [9.17, 15) is 26.4 Å². The molecule has 1 aromatic rings. The molecule has 9 heteroatoms. The molecule has 5 nitrogen and oxygen atoms in total. The molecule has 0 N–H and O–H groups in total. The Morgan fingerprint density at radius 3 is 2.40 bits per heavy atom. The van der Waals surface area contributed by atoms with Gasteiger partial charge < -0.3 is 8.92 Å². The third-order valence-electron chi connectivity index (χ3n) is 4.55. The first-order valence-electron chi connectivity index (χ1n) is 7.62. The van der Waals surface area contributed by atoms with Gasteiger partial charge in [-0.15, -0.1) is 0 Å². The van der Waals surface area contributed by atoms with E-state index in [4.69, 9.17) is 0 Å². The molecule has 1 saturated carbocycles. The number of hydrogen-bond donors (Lipinski definition) is 0. The van der Waals surface area contributed by atoms with Crippen LogP contribution in [-0.4, -0.2) is 27.0 Å². The smallest absolute Gasteiger partial charge is 0.465 e. The molecule has 0 spiro atoms. The summed E-state index contributed by atoms with van der Waals surface area (Å²) in [5, 5.41) is 0. The lowest BCUT2D eigenvalue weighted by Crippen LogP contribution is -2.29. The molecule has 0 saturated heterocycles. The first-order valence-corrected chi connectivity index (χ1v) is 9.03. The Bertz CT molecular complexity index is 768. The molecule has 0 unspecified atom stereocenters. The first kappa shape index (κ1) is 19.6. The molecule has 1 aliphatic rings. The number of ether oxygens (including phenoxy) is 1. The number of halogens is 3. The van der Waals surface area contributed by atoms with Gasteiger partial charge in [-0.25, -0.2) is 4.79 Å². The highest BCUT2D eigenvalue weighted by molar-refractivity contribution is 7.88. The number of rotatable bonds is 4. The summed E-state index contributed by atoms with van der Waals surface area (Å²) in [5.74, 6) is -1.32. The molecular weight excluding hydrogens is 361 g/mol. The topological polar surface area (TPSA) is 69.7 Å². The number of hydrogen-bond acceptors (Lipinski definition) is 5. The van der Waals surface area contributed by atoms with Gasteiger partial charge in [0.05, 0.1) is 12.7 Å². The van der Waals surface area contributed by atoms with Crippen molar-refractivity contribution in [3.8, 4) is 5.75 Å². The largest absolute Gasteiger partial charge is 0.534 e. The molecule has 0 radical (unpaired) electrons. The summed E-state index contributed by atoms with van der Waals surface area (Å²) in [7, 11) is -4.61. The van der Waals surface area contributed by atoms with Crippen molar-refractivity contribution >= 4 is 16.1 Å². The zero-order valence-electron chi connectivity index (χ0n) is 14.0. The summed E-state index contributed by atoms with van der Waals surface area (Å²) in [5.41, 5.74) is -5.42. The molecule has 0 amide bonds. The number of esters is 1. The third-order valence-corrected chi connectivity index (χ3v) is 5.51. The summed E-state index contributed by atoms with van der Waals surface area (Å²) in [4.78, 5) is 11.7. The van der Waals surface area contributed by atoms with Crippen molar-refractivity contribution in [1.29, 1.82) is 0 Å². The molecule has 0 aliphatic heterocycles. The number of carbonyl (C=O) groups is 1. The maximum atomic E-state index is 12.7. The second kappa shape index (κ2) is 6.51.